The number of rotatable bonds is 8. The predicted octanol–water partition coefficient (Wildman–Crippen LogP) is 1.77. The number of benzene rings is 1. The number of carboxylic acid groups (broad SMARTS) is 1. The van der Waals surface area contributed by atoms with E-state index < -0.39 is 18.4 Å². The van der Waals surface area contributed by atoms with E-state index in [-0.39, 0.29) is 6.61 Å². The molecule has 0 heterocycles. The zero-order valence-corrected chi connectivity index (χ0v) is 11.8. The summed E-state index contributed by atoms with van der Waals surface area (Å²) >= 11 is 0. The molecule has 0 aliphatic rings. The Morgan fingerprint density at radius 3 is 2.81 bits per heavy atom. The van der Waals surface area contributed by atoms with E-state index in [0.29, 0.717) is 5.75 Å². The highest BCUT2D eigenvalue weighted by Gasteiger charge is 2.05. The minimum absolute atomic E-state index is 0.241. The SMILES string of the molecule is C=C/C(=C\C)Nc1cccc(OCC(=O)NCC(=O)O)c1. The number of hydrogen-bond acceptors (Lipinski definition) is 4. The van der Waals surface area contributed by atoms with Crippen LogP contribution < -0.4 is 15.4 Å². The molecule has 1 aromatic rings. The number of ether oxygens (including phenoxy) is 1. The summed E-state index contributed by atoms with van der Waals surface area (Å²) in [6.45, 7) is 4.90. The average Bonchev–Trinajstić information content (AvgIpc) is 2.49. The van der Waals surface area contributed by atoms with Crippen molar-refractivity contribution in [2.75, 3.05) is 18.5 Å². The van der Waals surface area contributed by atoms with Gasteiger partial charge in [-0.25, -0.2) is 0 Å². The van der Waals surface area contributed by atoms with Gasteiger partial charge in [-0.15, -0.1) is 0 Å². The zero-order valence-electron chi connectivity index (χ0n) is 11.8. The van der Waals surface area contributed by atoms with Gasteiger partial charge in [-0.2, -0.15) is 0 Å². The van der Waals surface area contributed by atoms with Gasteiger partial charge < -0.3 is 20.5 Å². The largest absolute Gasteiger partial charge is 0.484 e. The number of allylic oxidation sites excluding steroid dienone is 2. The molecule has 112 valence electrons. The molecule has 0 radical (unpaired) electrons. The lowest BCUT2D eigenvalue weighted by Gasteiger charge is -2.10. The van der Waals surface area contributed by atoms with Gasteiger partial charge in [-0.1, -0.05) is 18.7 Å². The van der Waals surface area contributed by atoms with E-state index >= 15 is 0 Å². The van der Waals surface area contributed by atoms with Gasteiger partial charge in [0, 0.05) is 17.5 Å². The van der Waals surface area contributed by atoms with E-state index in [1.54, 1.807) is 24.3 Å². The summed E-state index contributed by atoms with van der Waals surface area (Å²) in [5.74, 6) is -1.08. The highest BCUT2D eigenvalue weighted by atomic mass is 16.5. The molecule has 0 spiro atoms. The van der Waals surface area contributed by atoms with Crippen LogP contribution in [0.2, 0.25) is 0 Å². The molecule has 6 nitrogen and oxygen atoms in total. The van der Waals surface area contributed by atoms with Crippen molar-refractivity contribution in [3.05, 3.63) is 48.7 Å². The van der Waals surface area contributed by atoms with E-state index in [2.05, 4.69) is 17.2 Å². The molecule has 0 saturated heterocycles. The summed E-state index contributed by atoms with van der Waals surface area (Å²) in [6, 6.07) is 7.07. The molecule has 0 aliphatic carbocycles. The Balaban J connectivity index is 2.54. The molecule has 0 fully saturated rings. The van der Waals surface area contributed by atoms with Gasteiger partial charge in [-0.05, 0) is 25.1 Å². The number of nitrogens with one attached hydrogen (secondary N) is 2. The van der Waals surface area contributed by atoms with Crippen LogP contribution in [-0.2, 0) is 9.59 Å². The van der Waals surface area contributed by atoms with E-state index in [4.69, 9.17) is 9.84 Å². The van der Waals surface area contributed by atoms with Crippen molar-refractivity contribution < 1.29 is 19.4 Å². The summed E-state index contributed by atoms with van der Waals surface area (Å²) in [7, 11) is 0. The van der Waals surface area contributed by atoms with Gasteiger partial charge in [0.15, 0.2) is 6.61 Å². The van der Waals surface area contributed by atoms with Crippen molar-refractivity contribution in [2.45, 2.75) is 6.92 Å². The number of carbonyl (C=O) groups excluding carboxylic acids is 1. The fourth-order valence-corrected chi connectivity index (χ4v) is 1.45. The molecule has 0 aromatic heterocycles. The van der Waals surface area contributed by atoms with Crippen molar-refractivity contribution in [1.82, 2.24) is 5.32 Å². The fourth-order valence-electron chi connectivity index (χ4n) is 1.45. The first-order chi connectivity index (χ1) is 10.0. The topological polar surface area (TPSA) is 87.7 Å². The van der Waals surface area contributed by atoms with Gasteiger partial charge in [0.05, 0.1) is 0 Å². The van der Waals surface area contributed by atoms with Crippen LogP contribution in [0.5, 0.6) is 5.75 Å². The molecule has 1 amide bonds. The van der Waals surface area contributed by atoms with Gasteiger partial charge in [0.1, 0.15) is 12.3 Å². The summed E-state index contributed by atoms with van der Waals surface area (Å²) in [5.41, 5.74) is 1.65. The van der Waals surface area contributed by atoms with Crippen molar-refractivity contribution in [3.63, 3.8) is 0 Å². The lowest BCUT2D eigenvalue weighted by Crippen LogP contribution is -2.33. The predicted molar refractivity (Wildman–Crippen MR) is 80.2 cm³/mol. The fraction of sp³-hybridized carbons (Fsp3) is 0.200. The third-order valence-electron chi connectivity index (χ3n) is 2.46. The average molecular weight is 290 g/mol. The maximum Gasteiger partial charge on any atom is 0.322 e. The normalized spacial score (nSPS) is 10.6. The number of anilines is 1. The van der Waals surface area contributed by atoms with Crippen LogP contribution in [-0.4, -0.2) is 30.1 Å². The summed E-state index contributed by atoms with van der Waals surface area (Å²) in [4.78, 5) is 21.6. The Kier molecular flexibility index (Phi) is 6.53. The Morgan fingerprint density at radius 1 is 1.43 bits per heavy atom. The van der Waals surface area contributed by atoms with Crippen molar-refractivity contribution >= 4 is 17.6 Å². The molecule has 3 N–H and O–H groups in total. The number of amides is 1. The molecule has 1 aromatic carbocycles. The van der Waals surface area contributed by atoms with E-state index in [1.165, 1.54) is 0 Å². The smallest absolute Gasteiger partial charge is 0.322 e. The van der Waals surface area contributed by atoms with E-state index in [9.17, 15) is 9.59 Å². The molecule has 0 saturated carbocycles. The molecule has 6 heteroatoms. The second-order valence-electron chi connectivity index (χ2n) is 4.06. The van der Waals surface area contributed by atoms with Crippen LogP contribution >= 0.6 is 0 Å². The zero-order chi connectivity index (χ0) is 15.7. The summed E-state index contributed by atoms with van der Waals surface area (Å²) in [5, 5.41) is 13.8. The number of aliphatic carboxylic acids is 1. The monoisotopic (exact) mass is 290 g/mol. The van der Waals surface area contributed by atoms with Crippen LogP contribution in [0, 0.1) is 0 Å². The first-order valence-electron chi connectivity index (χ1n) is 6.32. The Hall–Kier alpha value is -2.76. The van der Waals surface area contributed by atoms with Gasteiger partial charge in [-0.3, -0.25) is 9.59 Å². The second-order valence-corrected chi connectivity index (χ2v) is 4.06. The van der Waals surface area contributed by atoms with Crippen LogP contribution in [0.4, 0.5) is 5.69 Å². The van der Waals surface area contributed by atoms with Crippen LogP contribution in [0.3, 0.4) is 0 Å². The third-order valence-corrected chi connectivity index (χ3v) is 2.46. The number of carbonyl (C=O) groups is 2. The van der Waals surface area contributed by atoms with Gasteiger partial charge in [0.25, 0.3) is 5.91 Å². The molecule has 0 atom stereocenters. The third kappa shape index (κ3) is 6.29. The minimum atomic E-state index is -1.10. The molecule has 21 heavy (non-hydrogen) atoms. The summed E-state index contributed by atoms with van der Waals surface area (Å²) < 4.78 is 5.30. The molecule has 0 aliphatic heterocycles. The maximum atomic E-state index is 11.3. The molecule has 1 rings (SSSR count). The van der Waals surface area contributed by atoms with Crippen molar-refractivity contribution in [1.29, 1.82) is 0 Å². The molecular formula is C15H18N2O4. The Labute approximate surface area is 123 Å². The Morgan fingerprint density at radius 2 is 2.19 bits per heavy atom. The Bertz CT molecular complexity index is 552. The van der Waals surface area contributed by atoms with Crippen LogP contribution in [0.1, 0.15) is 6.92 Å². The van der Waals surface area contributed by atoms with Crippen LogP contribution in [0.25, 0.3) is 0 Å². The molecular weight excluding hydrogens is 272 g/mol. The highest BCUT2D eigenvalue weighted by molar-refractivity contribution is 5.82. The van der Waals surface area contributed by atoms with Crippen molar-refractivity contribution in [3.8, 4) is 5.75 Å². The van der Waals surface area contributed by atoms with E-state index in [1.807, 2.05) is 19.1 Å². The van der Waals surface area contributed by atoms with Crippen molar-refractivity contribution in [2.24, 2.45) is 0 Å². The van der Waals surface area contributed by atoms with Gasteiger partial charge in [0.2, 0.25) is 0 Å². The molecule has 0 unspecified atom stereocenters. The maximum absolute atomic E-state index is 11.3. The lowest BCUT2D eigenvalue weighted by atomic mass is 10.3. The molecule has 0 bridgehead atoms. The van der Waals surface area contributed by atoms with E-state index in [0.717, 1.165) is 11.4 Å². The standard InChI is InChI=1S/C15H18N2O4/c1-3-11(4-2)17-12-6-5-7-13(8-12)21-10-14(18)16-9-15(19)20/h3-8,17H,1,9-10H2,2H3,(H,16,18)(H,19,20)/b11-4+. The number of carboxylic acids is 1. The quantitative estimate of drug-likeness (QED) is 0.635. The number of hydrogen-bond donors (Lipinski definition) is 3. The van der Waals surface area contributed by atoms with Gasteiger partial charge >= 0.3 is 5.97 Å². The second kappa shape index (κ2) is 8.42. The summed E-state index contributed by atoms with van der Waals surface area (Å²) in [6.07, 6.45) is 3.56. The lowest BCUT2D eigenvalue weighted by molar-refractivity contribution is -0.138. The van der Waals surface area contributed by atoms with Crippen LogP contribution in [0.15, 0.2) is 48.7 Å². The first-order valence-corrected chi connectivity index (χ1v) is 6.32. The highest BCUT2D eigenvalue weighted by Crippen LogP contribution is 2.18. The first kappa shape index (κ1) is 16.3. The minimum Gasteiger partial charge on any atom is -0.484 e.